The molecule has 0 radical (unpaired) electrons. The van der Waals surface area contributed by atoms with Crippen LogP contribution in [0.2, 0.25) is 0 Å². The number of benzene rings is 1. The lowest BCUT2D eigenvalue weighted by Crippen LogP contribution is -2.38. The van der Waals surface area contributed by atoms with Gasteiger partial charge in [0.1, 0.15) is 0 Å². The van der Waals surface area contributed by atoms with Crippen LogP contribution >= 0.6 is 0 Å². The number of carbonyl (C=O) groups is 1. The van der Waals surface area contributed by atoms with Crippen molar-refractivity contribution in [3.63, 3.8) is 0 Å². The predicted molar refractivity (Wildman–Crippen MR) is 87.1 cm³/mol. The highest BCUT2D eigenvalue weighted by Gasteiger charge is 2.14. The zero-order valence-electron chi connectivity index (χ0n) is 13.0. The number of piperidine rings is 1. The van der Waals surface area contributed by atoms with Gasteiger partial charge < -0.3 is 15.5 Å². The fraction of sp³-hybridized carbons (Fsp3) is 0.438. The van der Waals surface area contributed by atoms with Crippen LogP contribution < -0.4 is 10.6 Å². The average molecular weight is 299 g/mol. The third-order valence-electron chi connectivity index (χ3n) is 3.87. The smallest absolute Gasteiger partial charge is 0.253 e. The first-order valence-electron chi connectivity index (χ1n) is 7.59. The van der Waals surface area contributed by atoms with Crippen LogP contribution in [0.4, 0.5) is 5.95 Å². The van der Waals surface area contributed by atoms with E-state index in [-0.39, 0.29) is 5.91 Å². The standard InChI is InChI=1S/C16H21N5O/c1-21(2)15(22)11-5-6-12-9-18-16(20-14(12)8-11)19-13-4-3-7-17-10-13/h5-6,8-9,13,17H,3-4,7,10H2,1-2H3,(H,18,19,20)/t13-/m1/s1. The summed E-state index contributed by atoms with van der Waals surface area (Å²) in [6.45, 7) is 2.01. The molecule has 1 atom stereocenters. The molecule has 0 saturated carbocycles. The van der Waals surface area contributed by atoms with E-state index < -0.39 is 0 Å². The van der Waals surface area contributed by atoms with E-state index in [9.17, 15) is 4.79 Å². The van der Waals surface area contributed by atoms with Gasteiger partial charge in [-0.2, -0.15) is 0 Å². The summed E-state index contributed by atoms with van der Waals surface area (Å²) >= 11 is 0. The van der Waals surface area contributed by atoms with Crippen LogP contribution in [0.3, 0.4) is 0 Å². The number of hydrogen-bond acceptors (Lipinski definition) is 5. The number of rotatable bonds is 3. The average Bonchev–Trinajstić information content (AvgIpc) is 2.54. The van der Waals surface area contributed by atoms with Crippen molar-refractivity contribution in [1.29, 1.82) is 0 Å². The number of carbonyl (C=O) groups excluding carboxylic acids is 1. The molecule has 0 bridgehead atoms. The third kappa shape index (κ3) is 3.17. The van der Waals surface area contributed by atoms with Crippen molar-refractivity contribution in [2.45, 2.75) is 18.9 Å². The number of aromatic nitrogens is 2. The molecule has 6 nitrogen and oxygen atoms in total. The Kier molecular flexibility index (Phi) is 4.20. The minimum atomic E-state index is -0.0218. The number of anilines is 1. The van der Waals surface area contributed by atoms with Gasteiger partial charge in [0.25, 0.3) is 5.91 Å². The van der Waals surface area contributed by atoms with E-state index in [1.54, 1.807) is 25.2 Å². The number of nitrogens with zero attached hydrogens (tertiary/aromatic N) is 3. The van der Waals surface area contributed by atoms with E-state index in [1.165, 1.54) is 0 Å². The second-order valence-electron chi connectivity index (χ2n) is 5.85. The van der Waals surface area contributed by atoms with Gasteiger partial charge >= 0.3 is 0 Å². The second kappa shape index (κ2) is 6.27. The molecule has 2 heterocycles. The summed E-state index contributed by atoms with van der Waals surface area (Å²) in [5.41, 5.74) is 1.43. The van der Waals surface area contributed by atoms with Crippen molar-refractivity contribution >= 4 is 22.8 Å². The molecule has 3 rings (SSSR count). The highest BCUT2D eigenvalue weighted by atomic mass is 16.2. The minimum Gasteiger partial charge on any atom is -0.350 e. The van der Waals surface area contributed by atoms with E-state index in [0.717, 1.165) is 36.8 Å². The predicted octanol–water partition coefficient (Wildman–Crippen LogP) is 1.50. The second-order valence-corrected chi connectivity index (χ2v) is 5.85. The first-order valence-corrected chi connectivity index (χ1v) is 7.59. The molecule has 1 aromatic carbocycles. The Morgan fingerprint density at radius 3 is 3.00 bits per heavy atom. The minimum absolute atomic E-state index is 0.0218. The van der Waals surface area contributed by atoms with E-state index in [1.807, 2.05) is 18.2 Å². The molecule has 1 aliphatic heterocycles. The van der Waals surface area contributed by atoms with Crippen molar-refractivity contribution in [2.75, 3.05) is 32.5 Å². The number of amides is 1. The summed E-state index contributed by atoms with van der Waals surface area (Å²) < 4.78 is 0. The molecular formula is C16H21N5O. The molecule has 0 aliphatic carbocycles. The SMILES string of the molecule is CN(C)C(=O)c1ccc2cnc(N[C@@H]3CCCNC3)nc2c1. The molecule has 1 fully saturated rings. The number of nitrogens with one attached hydrogen (secondary N) is 2. The first-order chi connectivity index (χ1) is 10.6. The van der Waals surface area contributed by atoms with Crippen molar-refractivity contribution in [3.05, 3.63) is 30.0 Å². The van der Waals surface area contributed by atoms with Gasteiger partial charge in [-0.15, -0.1) is 0 Å². The summed E-state index contributed by atoms with van der Waals surface area (Å²) in [4.78, 5) is 22.5. The fourth-order valence-electron chi connectivity index (χ4n) is 2.64. The van der Waals surface area contributed by atoms with Gasteiger partial charge in [-0.25, -0.2) is 9.97 Å². The Morgan fingerprint density at radius 2 is 2.27 bits per heavy atom. The fourth-order valence-corrected chi connectivity index (χ4v) is 2.64. The molecule has 2 aromatic rings. The van der Waals surface area contributed by atoms with Crippen LogP contribution in [0, 0.1) is 0 Å². The van der Waals surface area contributed by atoms with Crippen LogP contribution in [0.1, 0.15) is 23.2 Å². The Labute approximate surface area is 129 Å². The number of fused-ring (bicyclic) bond motifs is 1. The third-order valence-corrected chi connectivity index (χ3v) is 3.87. The summed E-state index contributed by atoms with van der Waals surface area (Å²) in [5.74, 6) is 0.599. The van der Waals surface area contributed by atoms with Crippen molar-refractivity contribution in [2.24, 2.45) is 0 Å². The Hall–Kier alpha value is -2.21. The zero-order valence-corrected chi connectivity index (χ0v) is 13.0. The maximum Gasteiger partial charge on any atom is 0.253 e. The summed E-state index contributed by atoms with van der Waals surface area (Å²) in [6.07, 6.45) is 4.07. The lowest BCUT2D eigenvalue weighted by Gasteiger charge is -2.23. The van der Waals surface area contributed by atoms with Crippen LogP contribution in [0.25, 0.3) is 10.9 Å². The van der Waals surface area contributed by atoms with Gasteiger partial charge in [-0.1, -0.05) is 6.07 Å². The molecule has 1 amide bonds. The molecule has 1 aromatic heterocycles. The molecule has 1 saturated heterocycles. The van der Waals surface area contributed by atoms with Crippen molar-refractivity contribution in [3.8, 4) is 0 Å². The van der Waals surface area contributed by atoms with Crippen LogP contribution in [-0.4, -0.2) is 54.0 Å². The van der Waals surface area contributed by atoms with E-state index in [4.69, 9.17) is 0 Å². The van der Waals surface area contributed by atoms with Gasteiger partial charge in [0.05, 0.1) is 5.52 Å². The van der Waals surface area contributed by atoms with Gasteiger partial charge in [-0.3, -0.25) is 4.79 Å². The largest absolute Gasteiger partial charge is 0.350 e. The number of hydrogen-bond donors (Lipinski definition) is 2. The van der Waals surface area contributed by atoms with Crippen LogP contribution in [-0.2, 0) is 0 Å². The monoisotopic (exact) mass is 299 g/mol. The normalized spacial score (nSPS) is 18.2. The quantitative estimate of drug-likeness (QED) is 0.899. The lowest BCUT2D eigenvalue weighted by atomic mass is 10.1. The first kappa shape index (κ1) is 14.7. The van der Waals surface area contributed by atoms with Gasteiger partial charge in [0.2, 0.25) is 5.95 Å². The topological polar surface area (TPSA) is 70.2 Å². The summed E-state index contributed by atoms with van der Waals surface area (Å²) in [6, 6.07) is 5.88. The van der Waals surface area contributed by atoms with E-state index in [2.05, 4.69) is 20.6 Å². The zero-order chi connectivity index (χ0) is 15.5. The van der Waals surface area contributed by atoms with E-state index >= 15 is 0 Å². The molecule has 0 spiro atoms. The molecule has 116 valence electrons. The summed E-state index contributed by atoms with van der Waals surface area (Å²) in [7, 11) is 3.49. The maximum atomic E-state index is 12.0. The Bertz CT molecular complexity index is 679. The Balaban J connectivity index is 1.85. The molecule has 6 heteroatoms. The van der Waals surface area contributed by atoms with Crippen molar-refractivity contribution in [1.82, 2.24) is 20.2 Å². The van der Waals surface area contributed by atoms with Crippen LogP contribution in [0.15, 0.2) is 24.4 Å². The molecular weight excluding hydrogens is 278 g/mol. The Morgan fingerprint density at radius 1 is 1.41 bits per heavy atom. The lowest BCUT2D eigenvalue weighted by molar-refractivity contribution is 0.0827. The van der Waals surface area contributed by atoms with Gasteiger partial charge in [-0.05, 0) is 31.5 Å². The van der Waals surface area contributed by atoms with Gasteiger partial charge in [0, 0.05) is 43.8 Å². The van der Waals surface area contributed by atoms with E-state index in [0.29, 0.717) is 17.6 Å². The highest BCUT2D eigenvalue weighted by Crippen LogP contribution is 2.17. The molecule has 2 N–H and O–H groups in total. The molecule has 0 unspecified atom stereocenters. The van der Waals surface area contributed by atoms with Crippen LogP contribution in [0.5, 0.6) is 0 Å². The molecule has 22 heavy (non-hydrogen) atoms. The molecule has 1 aliphatic rings. The maximum absolute atomic E-state index is 12.0. The highest BCUT2D eigenvalue weighted by molar-refractivity contribution is 5.97. The van der Waals surface area contributed by atoms with Gasteiger partial charge in [0.15, 0.2) is 0 Å². The van der Waals surface area contributed by atoms with Crippen molar-refractivity contribution < 1.29 is 4.79 Å². The summed E-state index contributed by atoms with van der Waals surface area (Å²) in [5, 5.41) is 7.66.